The number of unbranched alkanes of at least 4 members (excludes halogenated alkanes) is 8. The van der Waals surface area contributed by atoms with Crippen LogP contribution >= 0.6 is 0 Å². The molecule has 1 aromatic carbocycles. The van der Waals surface area contributed by atoms with Gasteiger partial charge in [0, 0.05) is 38.9 Å². The Balaban J connectivity index is 1.18. The fourth-order valence-corrected chi connectivity index (χ4v) is 4.12. The van der Waals surface area contributed by atoms with Crippen molar-refractivity contribution in [3.63, 3.8) is 0 Å². The van der Waals surface area contributed by atoms with Gasteiger partial charge in [0.25, 0.3) is 17.5 Å². The summed E-state index contributed by atoms with van der Waals surface area (Å²) in [6.07, 6.45) is 9.65. The normalized spacial score (nSPS) is 14.8. The van der Waals surface area contributed by atoms with Crippen LogP contribution in [0.1, 0.15) is 77.0 Å². The molecule has 0 unspecified atom stereocenters. The Morgan fingerprint density at radius 3 is 2.29 bits per heavy atom. The number of carbonyl (C=O) groups excluding carboxylic acids is 3. The Kier molecular flexibility index (Phi) is 9.65. The van der Waals surface area contributed by atoms with Crippen LogP contribution in [0.3, 0.4) is 0 Å². The molecule has 3 rings (SSSR count). The fraction of sp³-hybridized carbons (Fsp3) is 0.609. The molecule has 35 heavy (non-hydrogen) atoms. The van der Waals surface area contributed by atoms with E-state index in [1.165, 1.54) is 11.1 Å². The second kappa shape index (κ2) is 12.9. The summed E-state index contributed by atoms with van der Waals surface area (Å²) in [7, 11) is 1.62. The number of nitro benzene ring substituents is 1. The molecule has 0 saturated carbocycles. The smallest absolute Gasteiger partial charge is 0.333 e. The number of nitrogens with zero attached hydrogens (tertiary/aromatic N) is 3. The minimum Gasteiger partial charge on any atom is -0.383 e. The Morgan fingerprint density at radius 2 is 1.66 bits per heavy atom. The second-order valence-corrected chi connectivity index (χ2v) is 8.71. The molecule has 12 heteroatoms. The van der Waals surface area contributed by atoms with E-state index in [-0.39, 0.29) is 24.9 Å². The molecular formula is C23H33N5O7. The largest absolute Gasteiger partial charge is 0.383 e. The molecule has 0 spiro atoms. The van der Waals surface area contributed by atoms with E-state index < -0.39 is 22.7 Å². The summed E-state index contributed by atoms with van der Waals surface area (Å²) in [5.41, 5.74) is 4.49. The minimum atomic E-state index is -0.531. The van der Waals surface area contributed by atoms with Gasteiger partial charge in [-0.05, 0) is 18.9 Å². The quantitative estimate of drug-likeness (QED) is 0.158. The lowest BCUT2D eigenvalue weighted by atomic mass is 10.1. The zero-order valence-corrected chi connectivity index (χ0v) is 20.0. The van der Waals surface area contributed by atoms with Crippen molar-refractivity contribution < 1.29 is 29.1 Å². The van der Waals surface area contributed by atoms with Gasteiger partial charge in [0.15, 0.2) is 5.69 Å². The molecule has 0 bridgehead atoms. The van der Waals surface area contributed by atoms with Gasteiger partial charge in [-0.25, -0.2) is 15.3 Å². The van der Waals surface area contributed by atoms with Gasteiger partial charge in [-0.1, -0.05) is 44.9 Å². The van der Waals surface area contributed by atoms with E-state index in [4.69, 9.17) is 9.78 Å². The fourth-order valence-electron chi connectivity index (χ4n) is 4.12. The molecule has 2 aliphatic heterocycles. The first-order valence-electron chi connectivity index (χ1n) is 12.2. The Hall–Kier alpha value is -3.41. The van der Waals surface area contributed by atoms with Crippen molar-refractivity contribution in [2.45, 2.75) is 77.0 Å². The molecule has 12 nitrogen and oxygen atoms in total. The molecular weight excluding hydrogens is 458 g/mol. The Morgan fingerprint density at radius 1 is 1.06 bits per heavy atom. The van der Waals surface area contributed by atoms with E-state index in [9.17, 15) is 24.5 Å². The molecule has 2 aliphatic rings. The number of nitrogens with one attached hydrogen (secondary N) is 2. The molecule has 1 aromatic rings. The van der Waals surface area contributed by atoms with Crippen LogP contribution in [0.4, 0.5) is 22.7 Å². The maximum atomic E-state index is 11.7. The van der Waals surface area contributed by atoms with Gasteiger partial charge in [-0.2, -0.15) is 4.94 Å². The van der Waals surface area contributed by atoms with Gasteiger partial charge in [0.2, 0.25) is 0 Å². The van der Waals surface area contributed by atoms with Crippen LogP contribution in [0, 0.1) is 10.1 Å². The van der Waals surface area contributed by atoms with Gasteiger partial charge in [-0.15, -0.1) is 5.06 Å². The number of anilines is 3. The number of hydroxylamine groups is 3. The van der Waals surface area contributed by atoms with E-state index in [1.807, 2.05) is 0 Å². The van der Waals surface area contributed by atoms with Gasteiger partial charge in [0.05, 0.1) is 10.6 Å². The lowest BCUT2D eigenvalue weighted by molar-refractivity contribution is -0.384. The maximum Gasteiger partial charge on any atom is 0.333 e. The number of carbonyl (C=O) groups is 3. The number of hydrogen-bond donors (Lipinski definition) is 2. The average Bonchev–Trinajstić information content (AvgIpc) is 3.37. The number of hydrogen-bond acceptors (Lipinski definition) is 10. The van der Waals surface area contributed by atoms with E-state index in [2.05, 4.69) is 10.8 Å². The third-order valence-electron chi connectivity index (χ3n) is 6.02. The predicted octanol–water partition coefficient (Wildman–Crippen LogP) is 4.22. The summed E-state index contributed by atoms with van der Waals surface area (Å²) in [5, 5.41) is 16.5. The van der Waals surface area contributed by atoms with Crippen molar-refractivity contribution in [1.29, 1.82) is 0 Å². The summed E-state index contributed by atoms with van der Waals surface area (Å²) < 4.78 is 0. The van der Waals surface area contributed by atoms with Crippen LogP contribution in [0.15, 0.2) is 12.1 Å². The van der Waals surface area contributed by atoms with Crippen LogP contribution in [0.2, 0.25) is 0 Å². The van der Waals surface area contributed by atoms with Crippen LogP contribution in [0.25, 0.3) is 0 Å². The van der Waals surface area contributed by atoms with Gasteiger partial charge in [-0.3, -0.25) is 19.7 Å². The number of imide groups is 1. The number of rotatable bonds is 15. The molecule has 0 aromatic heterocycles. The Bertz CT molecular complexity index is 923. The molecule has 0 atom stereocenters. The predicted molar refractivity (Wildman–Crippen MR) is 128 cm³/mol. The topological polar surface area (TPSA) is 143 Å². The first-order valence-corrected chi connectivity index (χ1v) is 12.2. The molecule has 2 heterocycles. The van der Waals surface area contributed by atoms with Crippen LogP contribution in [-0.4, -0.2) is 41.4 Å². The van der Waals surface area contributed by atoms with Gasteiger partial charge < -0.3 is 10.2 Å². The summed E-state index contributed by atoms with van der Waals surface area (Å²) in [5.74, 6) is -1.43. The zero-order chi connectivity index (χ0) is 25.2. The summed E-state index contributed by atoms with van der Waals surface area (Å²) in [6.45, 7) is 0.764. The SMILES string of the molecule is CN1ONc2c(NCCCCCCCCCCCC(=O)ON3C(=O)CCC3=O)ccc([N+](=O)[O-])c21. The minimum absolute atomic E-state index is 0.00644. The van der Waals surface area contributed by atoms with Crippen molar-refractivity contribution in [1.82, 2.24) is 5.06 Å². The van der Waals surface area contributed by atoms with E-state index in [0.29, 0.717) is 22.9 Å². The molecule has 2 N–H and O–H groups in total. The molecule has 2 amide bonds. The highest BCUT2D eigenvalue weighted by atomic mass is 16.8. The number of amides is 2. The molecule has 1 fully saturated rings. The molecule has 0 aliphatic carbocycles. The lowest BCUT2D eigenvalue weighted by Gasteiger charge is -2.12. The van der Waals surface area contributed by atoms with Gasteiger partial charge in [0.1, 0.15) is 5.69 Å². The summed E-state index contributed by atoms with van der Waals surface area (Å²) in [6, 6.07) is 3.17. The number of fused-ring (bicyclic) bond motifs is 1. The van der Waals surface area contributed by atoms with Crippen LogP contribution in [-0.2, 0) is 24.2 Å². The molecule has 192 valence electrons. The van der Waals surface area contributed by atoms with Crippen molar-refractivity contribution in [3.8, 4) is 0 Å². The summed E-state index contributed by atoms with van der Waals surface area (Å²) in [4.78, 5) is 55.4. The summed E-state index contributed by atoms with van der Waals surface area (Å²) >= 11 is 0. The van der Waals surface area contributed by atoms with E-state index in [1.54, 1.807) is 13.1 Å². The van der Waals surface area contributed by atoms with Crippen LogP contribution < -0.4 is 15.9 Å². The highest BCUT2D eigenvalue weighted by Crippen LogP contribution is 2.44. The zero-order valence-electron chi connectivity index (χ0n) is 20.0. The first kappa shape index (κ1) is 26.2. The molecule has 1 saturated heterocycles. The maximum absolute atomic E-state index is 11.7. The number of nitro groups is 1. The van der Waals surface area contributed by atoms with Crippen molar-refractivity contribution in [2.75, 3.05) is 29.5 Å². The second-order valence-electron chi connectivity index (χ2n) is 8.71. The van der Waals surface area contributed by atoms with E-state index in [0.717, 1.165) is 63.6 Å². The third-order valence-corrected chi connectivity index (χ3v) is 6.02. The average molecular weight is 492 g/mol. The van der Waals surface area contributed by atoms with Crippen molar-refractivity contribution in [3.05, 3.63) is 22.2 Å². The van der Waals surface area contributed by atoms with E-state index >= 15 is 0 Å². The number of benzene rings is 1. The van der Waals surface area contributed by atoms with Crippen molar-refractivity contribution in [2.24, 2.45) is 0 Å². The standard InChI is InChI=1S/C23H33N5O7/c1-26-23-18(28(32)33)13-12-17(22(23)25-35-26)24-16-10-8-6-4-2-3-5-7-9-11-21(31)34-27-19(29)14-15-20(27)30/h12-13,24-25H,2-11,14-16H2,1H3. The van der Waals surface area contributed by atoms with Gasteiger partial charge >= 0.3 is 5.97 Å². The first-order chi connectivity index (χ1) is 16.9. The Labute approximate surface area is 203 Å². The molecule has 0 radical (unpaired) electrons. The van der Waals surface area contributed by atoms with Crippen molar-refractivity contribution >= 4 is 40.5 Å². The highest BCUT2D eigenvalue weighted by molar-refractivity contribution is 6.01. The van der Waals surface area contributed by atoms with Crippen LogP contribution in [0.5, 0.6) is 0 Å². The monoisotopic (exact) mass is 491 g/mol. The highest BCUT2D eigenvalue weighted by Gasteiger charge is 2.32. The third kappa shape index (κ3) is 7.28. The lowest BCUT2D eigenvalue weighted by Crippen LogP contribution is -2.31.